The molecule has 6 rings (SSSR count). The van der Waals surface area contributed by atoms with Crippen LogP contribution in [0.4, 0.5) is 0 Å². The van der Waals surface area contributed by atoms with E-state index in [1.165, 1.54) is 50.4 Å². The fourth-order valence-corrected chi connectivity index (χ4v) is 9.15. The first kappa shape index (κ1) is 23.4. The molecule has 2 saturated carbocycles. The largest absolute Gasteiger partial charge is 0.469 e. The second kappa shape index (κ2) is 8.03. The van der Waals surface area contributed by atoms with Gasteiger partial charge < -0.3 is 14.2 Å². The van der Waals surface area contributed by atoms with Gasteiger partial charge in [-0.05, 0) is 74.9 Å². The summed E-state index contributed by atoms with van der Waals surface area (Å²) in [6.07, 6.45) is 11.1. The molecule has 2 saturated heterocycles. The maximum atomic E-state index is 13.6. The van der Waals surface area contributed by atoms with Crippen LogP contribution in [0.25, 0.3) is 0 Å². The molecular weight excluding hydrogens is 444 g/mol. The third-order valence-electron chi connectivity index (χ3n) is 11.0. The lowest BCUT2D eigenvalue weighted by atomic mass is 9.45. The van der Waals surface area contributed by atoms with Crippen molar-refractivity contribution in [3.8, 4) is 0 Å². The van der Waals surface area contributed by atoms with E-state index < -0.39 is 16.9 Å². The van der Waals surface area contributed by atoms with Crippen molar-refractivity contribution in [2.75, 3.05) is 7.11 Å². The Morgan fingerprint density at radius 1 is 1.14 bits per heavy atom. The van der Waals surface area contributed by atoms with Crippen LogP contribution < -0.4 is 0 Å². The molecule has 190 valence electrons. The molecule has 0 amide bonds. The number of allylic oxidation sites excluding steroid dienone is 2. The number of rotatable bonds is 3. The second-order valence-electron chi connectivity index (χ2n) is 12.4. The van der Waals surface area contributed by atoms with Crippen molar-refractivity contribution in [1.29, 1.82) is 0 Å². The van der Waals surface area contributed by atoms with E-state index in [1.54, 1.807) is 12.2 Å². The minimum Gasteiger partial charge on any atom is -0.469 e. The van der Waals surface area contributed by atoms with Crippen LogP contribution in [0.1, 0.15) is 72.1 Å². The summed E-state index contributed by atoms with van der Waals surface area (Å²) in [4.78, 5) is 39.4. The van der Waals surface area contributed by atoms with E-state index in [2.05, 4.69) is 6.92 Å². The first-order chi connectivity index (χ1) is 16.7. The zero-order valence-electron chi connectivity index (χ0n) is 21.4. The van der Waals surface area contributed by atoms with Gasteiger partial charge in [0.15, 0.2) is 5.78 Å². The lowest BCUT2D eigenvalue weighted by Crippen LogP contribution is -2.65. The van der Waals surface area contributed by atoms with Crippen LogP contribution in [0.3, 0.4) is 0 Å². The quantitative estimate of drug-likeness (QED) is 0.433. The highest BCUT2D eigenvalue weighted by molar-refractivity contribution is 6.00. The average Bonchev–Trinajstić information content (AvgIpc) is 3.33. The summed E-state index contributed by atoms with van der Waals surface area (Å²) in [7, 11) is 1.40. The van der Waals surface area contributed by atoms with Gasteiger partial charge in [0.2, 0.25) is 0 Å². The van der Waals surface area contributed by atoms with Crippen molar-refractivity contribution in [1.82, 2.24) is 0 Å². The Morgan fingerprint density at radius 3 is 2.60 bits per heavy atom. The van der Waals surface area contributed by atoms with Crippen LogP contribution in [-0.4, -0.2) is 43.1 Å². The van der Waals surface area contributed by atoms with Gasteiger partial charge in [-0.25, -0.2) is 0 Å². The van der Waals surface area contributed by atoms with Crippen molar-refractivity contribution in [2.45, 2.75) is 90.4 Å². The van der Waals surface area contributed by atoms with Gasteiger partial charge in [0.25, 0.3) is 0 Å². The van der Waals surface area contributed by atoms with Crippen molar-refractivity contribution in [3.05, 3.63) is 23.3 Å². The molecule has 0 aromatic rings. The van der Waals surface area contributed by atoms with Crippen molar-refractivity contribution in [2.24, 2.45) is 40.4 Å². The molecule has 6 heteroatoms. The van der Waals surface area contributed by atoms with Crippen LogP contribution in [0, 0.1) is 40.4 Å². The minimum absolute atomic E-state index is 0.0186. The monoisotopic (exact) mass is 482 g/mol. The highest BCUT2D eigenvalue weighted by atomic mass is 16.6. The molecule has 2 heterocycles. The van der Waals surface area contributed by atoms with Gasteiger partial charge in [0, 0.05) is 17.8 Å². The number of fused-ring (bicyclic) bond motifs is 3. The molecule has 9 atom stereocenters. The maximum Gasteiger partial charge on any atom is 0.316 e. The predicted molar refractivity (Wildman–Crippen MR) is 128 cm³/mol. The van der Waals surface area contributed by atoms with E-state index in [1.807, 2.05) is 13.8 Å². The third kappa shape index (κ3) is 3.14. The number of carbonyl (C=O) groups excluding carboxylic acids is 3. The number of esters is 2. The zero-order valence-corrected chi connectivity index (χ0v) is 21.4. The Labute approximate surface area is 207 Å². The van der Waals surface area contributed by atoms with E-state index in [0.29, 0.717) is 5.92 Å². The highest BCUT2D eigenvalue weighted by Crippen LogP contribution is 2.65. The summed E-state index contributed by atoms with van der Waals surface area (Å²) in [5.74, 6) is -0.0498. The van der Waals surface area contributed by atoms with Gasteiger partial charge in [0.05, 0.1) is 24.7 Å². The summed E-state index contributed by atoms with van der Waals surface area (Å²) in [5.41, 5.74) is 1.06. The summed E-state index contributed by atoms with van der Waals surface area (Å²) in [6.45, 7) is 6.11. The molecule has 0 aromatic carbocycles. The van der Waals surface area contributed by atoms with Crippen LogP contribution in [0.5, 0.6) is 0 Å². The maximum absolute atomic E-state index is 13.6. The normalized spacial score (nSPS) is 46.7. The van der Waals surface area contributed by atoms with Gasteiger partial charge >= 0.3 is 11.9 Å². The highest BCUT2D eigenvalue weighted by Gasteiger charge is 2.73. The van der Waals surface area contributed by atoms with E-state index in [-0.39, 0.29) is 54.1 Å². The molecule has 0 spiro atoms. The Balaban J connectivity index is 1.41. The topological polar surface area (TPSA) is 78.9 Å². The number of ether oxygens (including phenoxy) is 3. The van der Waals surface area contributed by atoms with Crippen LogP contribution in [0.2, 0.25) is 0 Å². The molecule has 6 nitrogen and oxygen atoms in total. The third-order valence-corrected chi connectivity index (χ3v) is 11.0. The lowest BCUT2D eigenvalue weighted by Gasteiger charge is -2.58. The SMILES string of the molecule is COC(=O)C[C@H]1[C@@H]2CC3=C(C)[C@@H](C4CCCCC4)C[C@@H]3O[C@@H]2[C@@H]2OC(=O)[C@]3(C)C=CC(=O)[C@@]1(C)[C@@H]23. The molecule has 4 aliphatic carbocycles. The van der Waals surface area contributed by atoms with Gasteiger partial charge in [-0.3, -0.25) is 14.4 Å². The van der Waals surface area contributed by atoms with E-state index in [4.69, 9.17) is 14.2 Å². The van der Waals surface area contributed by atoms with E-state index in [0.717, 1.165) is 18.8 Å². The number of carbonyl (C=O) groups is 3. The number of methoxy groups -OCH3 is 1. The molecular formula is C29H38O6. The smallest absolute Gasteiger partial charge is 0.316 e. The molecule has 0 N–H and O–H groups in total. The van der Waals surface area contributed by atoms with Crippen molar-refractivity contribution in [3.63, 3.8) is 0 Å². The van der Waals surface area contributed by atoms with Gasteiger partial charge in [-0.1, -0.05) is 37.8 Å². The molecule has 4 fully saturated rings. The molecule has 2 aliphatic heterocycles. The molecule has 0 bridgehead atoms. The molecule has 6 aliphatic rings. The first-order valence-corrected chi connectivity index (χ1v) is 13.6. The molecule has 0 aromatic heterocycles. The Hall–Kier alpha value is -1.95. The number of ketones is 1. The Morgan fingerprint density at radius 2 is 1.89 bits per heavy atom. The van der Waals surface area contributed by atoms with Crippen molar-refractivity contribution < 1.29 is 28.6 Å². The standard InChI is InChI=1S/C29H38O6/c1-15-17(16-8-6-5-7-9-16)13-21-18(15)12-19-20(14-23(31)33-4)29(3)22(30)10-11-28(2)26(29)25(24(19)34-21)35-27(28)32/h10-11,16-17,19-21,24-26H,5-9,12-14H2,1-4H3/t17-,19-,20-,21-,24-,25-,26-,28+,29-/m0/s1. The van der Waals surface area contributed by atoms with Gasteiger partial charge in [0.1, 0.15) is 6.10 Å². The molecule has 0 unspecified atom stereocenters. The Bertz CT molecular complexity index is 1020. The Kier molecular flexibility index (Phi) is 5.38. The first-order valence-electron chi connectivity index (χ1n) is 13.6. The summed E-state index contributed by atoms with van der Waals surface area (Å²) < 4.78 is 18.0. The average molecular weight is 483 g/mol. The summed E-state index contributed by atoms with van der Waals surface area (Å²) >= 11 is 0. The van der Waals surface area contributed by atoms with E-state index in [9.17, 15) is 14.4 Å². The predicted octanol–water partition coefficient (Wildman–Crippen LogP) is 4.56. The fourth-order valence-electron chi connectivity index (χ4n) is 9.15. The lowest BCUT2D eigenvalue weighted by molar-refractivity contribution is -0.205. The van der Waals surface area contributed by atoms with Crippen LogP contribution >= 0.6 is 0 Å². The number of hydrogen-bond acceptors (Lipinski definition) is 6. The van der Waals surface area contributed by atoms with Gasteiger partial charge in [-0.15, -0.1) is 0 Å². The number of hydrogen-bond donors (Lipinski definition) is 0. The summed E-state index contributed by atoms with van der Waals surface area (Å²) in [6, 6.07) is 0. The fraction of sp³-hybridized carbons (Fsp3) is 0.759. The van der Waals surface area contributed by atoms with Gasteiger partial charge in [-0.2, -0.15) is 0 Å². The molecule has 0 radical (unpaired) electrons. The van der Waals surface area contributed by atoms with Crippen molar-refractivity contribution >= 4 is 17.7 Å². The van der Waals surface area contributed by atoms with Crippen LogP contribution in [0.15, 0.2) is 23.3 Å². The second-order valence-corrected chi connectivity index (χ2v) is 12.4. The zero-order chi connectivity index (χ0) is 24.7. The summed E-state index contributed by atoms with van der Waals surface area (Å²) in [5, 5.41) is 0. The van der Waals surface area contributed by atoms with Crippen LogP contribution in [-0.2, 0) is 28.6 Å². The van der Waals surface area contributed by atoms with E-state index >= 15 is 0 Å². The minimum atomic E-state index is -0.887. The molecule has 35 heavy (non-hydrogen) atoms.